The first-order valence-corrected chi connectivity index (χ1v) is 9.46. The van der Waals surface area contributed by atoms with E-state index in [1.54, 1.807) is 0 Å². The van der Waals surface area contributed by atoms with Crippen LogP contribution < -0.4 is 0 Å². The molecule has 0 spiro atoms. The summed E-state index contributed by atoms with van der Waals surface area (Å²) in [7, 11) is 0. The van der Waals surface area contributed by atoms with Gasteiger partial charge in [0.2, 0.25) is 0 Å². The minimum absolute atomic E-state index is 0.919. The average Bonchev–Trinajstić information content (AvgIpc) is 2.67. The van der Waals surface area contributed by atoms with Crippen LogP contribution in [0, 0.1) is 13.8 Å². The largest absolute Gasteiger partial charge is 0.0911 e. The Morgan fingerprint density at radius 1 is 0.704 bits per heavy atom. The van der Waals surface area contributed by atoms with E-state index in [9.17, 15) is 0 Å². The molecule has 0 fully saturated rings. The topological polar surface area (TPSA) is 0 Å². The van der Waals surface area contributed by atoms with Crippen LogP contribution in [0.3, 0.4) is 0 Å². The minimum atomic E-state index is 0.919. The van der Waals surface area contributed by atoms with E-state index in [1.807, 2.05) is 0 Å². The second-order valence-corrected chi connectivity index (χ2v) is 7.19. The minimum Gasteiger partial charge on any atom is -0.0911 e. The van der Waals surface area contributed by atoms with Gasteiger partial charge in [0.1, 0.15) is 0 Å². The predicted octanol–water partition coefficient (Wildman–Crippen LogP) is 7.32. The summed E-state index contributed by atoms with van der Waals surface area (Å²) in [5, 5.41) is 0. The zero-order chi connectivity index (χ0) is 18.8. The lowest BCUT2D eigenvalue weighted by Crippen LogP contribution is -1.97. The molecule has 3 aromatic carbocycles. The van der Waals surface area contributed by atoms with E-state index < -0.39 is 0 Å². The molecule has 0 heterocycles. The lowest BCUT2D eigenvalue weighted by atomic mass is 9.87. The monoisotopic (exact) mass is 348 g/mol. The smallest absolute Gasteiger partial charge is 0.00820 e. The highest BCUT2D eigenvalue weighted by atomic mass is 14.2. The molecule has 3 aromatic rings. The summed E-state index contributed by atoms with van der Waals surface area (Å²) in [5.74, 6) is 0. The number of benzene rings is 3. The quantitative estimate of drug-likeness (QED) is 0.455. The number of rotatable bonds is 2. The van der Waals surface area contributed by atoms with Crippen LogP contribution >= 0.6 is 0 Å². The molecule has 0 aliphatic heterocycles. The van der Waals surface area contributed by atoms with Crippen molar-refractivity contribution in [2.24, 2.45) is 0 Å². The number of aryl methyl sites for hydroxylation is 2. The van der Waals surface area contributed by atoms with Gasteiger partial charge in [-0.1, -0.05) is 85.5 Å². The van der Waals surface area contributed by atoms with Gasteiger partial charge in [0.05, 0.1) is 0 Å². The maximum absolute atomic E-state index is 4.26. The van der Waals surface area contributed by atoms with Gasteiger partial charge in [-0.3, -0.25) is 0 Å². The number of fused-ring (bicyclic) bond motifs is 1. The van der Waals surface area contributed by atoms with Crippen LogP contribution in [0.2, 0.25) is 0 Å². The lowest BCUT2D eigenvalue weighted by molar-refractivity contribution is 1.25. The maximum Gasteiger partial charge on any atom is -0.00820 e. The first-order chi connectivity index (χ1) is 13.1. The van der Waals surface area contributed by atoms with Crippen molar-refractivity contribution in [2.45, 2.75) is 20.3 Å². The van der Waals surface area contributed by atoms with Gasteiger partial charge in [-0.25, -0.2) is 0 Å². The van der Waals surface area contributed by atoms with Crippen molar-refractivity contribution in [1.82, 2.24) is 0 Å². The number of allylic oxidation sites excluding steroid dienone is 5. The average molecular weight is 348 g/mol. The molecule has 0 saturated heterocycles. The van der Waals surface area contributed by atoms with Gasteiger partial charge in [-0.15, -0.1) is 0 Å². The van der Waals surface area contributed by atoms with E-state index in [1.165, 1.54) is 44.5 Å². The third-order valence-corrected chi connectivity index (χ3v) is 5.37. The van der Waals surface area contributed by atoms with Gasteiger partial charge >= 0.3 is 0 Å². The van der Waals surface area contributed by atoms with Crippen molar-refractivity contribution in [3.05, 3.63) is 114 Å². The van der Waals surface area contributed by atoms with Gasteiger partial charge in [0.15, 0.2) is 0 Å². The first kappa shape index (κ1) is 17.3. The third kappa shape index (κ3) is 3.31. The van der Waals surface area contributed by atoms with E-state index in [-0.39, 0.29) is 0 Å². The van der Waals surface area contributed by atoms with Gasteiger partial charge in [-0.05, 0) is 76.4 Å². The molecule has 0 nitrogen and oxygen atoms in total. The van der Waals surface area contributed by atoms with Crippen LogP contribution in [0.1, 0.15) is 22.3 Å². The van der Waals surface area contributed by atoms with Crippen LogP contribution in [0.5, 0.6) is 0 Å². The van der Waals surface area contributed by atoms with E-state index in [4.69, 9.17) is 0 Å². The zero-order valence-corrected chi connectivity index (χ0v) is 16.0. The summed E-state index contributed by atoms with van der Waals surface area (Å²) in [5.41, 5.74) is 11.5. The SMILES string of the molecule is C=C1/C=C\C=C/Cc2c1cccc2-c1ccc(C)c(-c2ccccc2C)c1. The molecule has 0 heteroatoms. The summed E-state index contributed by atoms with van der Waals surface area (Å²) in [6.07, 6.45) is 9.41. The summed E-state index contributed by atoms with van der Waals surface area (Å²) in [6, 6.07) is 22.0. The van der Waals surface area contributed by atoms with Crippen LogP contribution in [0.25, 0.3) is 27.8 Å². The number of hydrogen-bond acceptors (Lipinski definition) is 0. The molecule has 4 rings (SSSR count). The van der Waals surface area contributed by atoms with Crippen LogP contribution in [0.4, 0.5) is 0 Å². The van der Waals surface area contributed by atoms with Gasteiger partial charge in [-0.2, -0.15) is 0 Å². The van der Waals surface area contributed by atoms with Crippen LogP contribution in [0.15, 0.2) is 91.5 Å². The Morgan fingerprint density at radius 3 is 2.30 bits per heavy atom. The molecular formula is C27H24. The van der Waals surface area contributed by atoms with Crippen molar-refractivity contribution < 1.29 is 0 Å². The van der Waals surface area contributed by atoms with Crippen LogP contribution in [-0.4, -0.2) is 0 Å². The van der Waals surface area contributed by atoms with E-state index >= 15 is 0 Å². The van der Waals surface area contributed by atoms with E-state index in [0.717, 1.165) is 12.0 Å². The number of hydrogen-bond donors (Lipinski definition) is 0. The Kier molecular flexibility index (Phi) is 4.64. The summed E-state index contributed by atoms with van der Waals surface area (Å²) < 4.78 is 0. The molecule has 0 unspecified atom stereocenters. The fraction of sp³-hybridized carbons (Fsp3) is 0.111. The standard InChI is InChI=1S/C27H24/c1-19-10-5-4-6-13-26-23(19)14-9-15-25(26)22-17-16-21(3)27(18-22)24-12-8-7-11-20(24)2/h4-12,14-18H,1,13H2,2-3H3/b6-4-,10-5-. The van der Waals surface area contributed by atoms with E-state index in [0.29, 0.717) is 0 Å². The normalized spacial score (nSPS) is 15.6. The molecule has 1 aliphatic rings. The highest BCUT2D eigenvalue weighted by molar-refractivity contribution is 5.83. The Bertz CT molecular complexity index is 1080. The Morgan fingerprint density at radius 2 is 1.44 bits per heavy atom. The Labute approximate surface area is 162 Å². The summed E-state index contributed by atoms with van der Waals surface area (Å²) >= 11 is 0. The molecule has 0 atom stereocenters. The molecule has 132 valence electrons. The van der Waals surface area contributed by atoms with Crippen molar-refractivity contribution in [2.75, 3.05) is 0 Å². The van der Waals surface area contributed by atoms with Gasteiger partial charge < -0.3 is 0 Å². The maximum atomic E-state index is 4.26. The van der Waals surface area contributed by atoms with E-state index in [2.05, 4.69) is 105 Å². The second kappa shape index (κ2) is 7.25. The third-order valence-electron chi connectivity index (χ3n) is 5.37. The fourth-order valence-corrected chi connectivity index (χ4v) is 3.86. The summed E-state index contributed by atoms with van der Waals surface area (Å²) in [6.45, 7) is 8.63. The first-order valence-electron chi connectivity index (χ1n) is 9.46. The van der Waals surface area contributed by atoms with Crippen LogP contribution in [-0.2, 0) is 6.42 Å². The molecule has 0 saturated carbocycles. The van der Waals surface area contributed by atoms with Gasteiger partial charge in [0, 0.05) is 0 Å². The molecule has 0 radical (unpaired) electrons. The molecule has 0 N–H and O–H groups in total. The highest BCUT2D eigenvalue weighted by Gasteiger charge is 2.13. The molecule has 0 bridgehead atoms. The fourth-order valence-electron chi connectivity index (χ4n) is 3.86. The molecular weight excluding hydrogens is 324 g/mol. The van der Waals surface area contributed by atoms with Crippen molar-refractivity contribution in [3.63, 3.8) is 0 Å². The van der Waals surface area contributed by atoms with Crippen molar-refractivity contribution >= 4 is 5.57 Å². The second-order valence-electron chi connectivity index (χ2n) is 7.19. The van der Waals surface area contributed by atoms with Crippen molar-refractivity contribution in [3.8, 4) is 22.3 Å². The Balaban J connectivity index is 1.90. The predicted molar refractivity (Wildman–Crippen MR) is 118 cm³/mol. The molecule has 27 heavy (non-hydrogen) atoms. The highest BCUT2D eigenvalue weighted by Crippen LogP contribution is 2.35. The van der Waals surface area contributed by atoms with Crippen molar-refractivity contribution in [1.29, 1.82) is 0 Å². The molecule has 0 aromatic heterocycles. The Hall–Kier alpha value is -3.12. The summed E-state index contributed by atoms with van der Waals surface area (Å²) in [4.78, 5) is 0. The zero-order valence-electron chi connectivity index (χ0n) is 16.0. The molecule has 0 amide bonds. The lowest BCUT2D eigenvalue weighted by Gasteiger charge is -2.17. The van der Waals surface area contributed by atoms with Gasteiger partial charge in [0.25, 0.3) is 0 Å². The molecule has 1 aliphatic carbocycles.